The van der Waals surface area contributed by atoms with Crippen LogP contribution in [0.5, 0.6) is 5.75 Å². The number of hydrogen-bond acceptors (Lipinski definition) is 4. The van der Waals surface area contributed by atoms with E-state index in [1.165, 1.54) is 5.69 Å². The summed E-state index contributed by atoms with van der Waals surface area (Å²) in [6.07, 6.45) is 0.968. The lowest BCUT2D eigenvalue weighted by Gasteiger charge is -2.09. The van der Waals surface area contributed by atoms with Crippen molar-refractivity contribution >= 4 is 17.4 Å². The maximum Gasteiger partial charge on any atom is 0.134 e. The fourth-order valence-electron chi connectivity index (χ4n) is 2.03. The van der Waals surface area contributed by atoms with E-state index in [4.69, 9.17) is 10.5 Å². The number of nitrogens with zero attached hydrogens (tertiary/aromatic N) is 2. The number of benzene rings is 1. The Bertz CT molecular complexity index is 580. The van der Waals surface area contributed by atoms with E-state index in [1.54, 1.807) is 18.9 Å². The Morgan fingerprint density at radius 1 is 1.30 bits per heavy atom. The van der Waals surface area contributed by atoms with Gasteiger partial charge in [0.05, 0.1) is 12.8 Å². The summed E-state index contributed by atoms with van der Waals surface area (Å²) in [6, 6.07) is 7.95. The average Bonchev–Trinajstić information content (AvgIpc) is 2.88. The fourth-order valence-corrected chi connectivity index (χ4v) is 3.02. The number of hydrogen-bond donors (Lipinski definition) is 1. The van der Waals surface area contributed by atoms with Gasteiger partial charge in [-0.1, -0.05) is 6.92 Å². The van der Waals surface area contributed by atoms with Crippen molar-refractivity contribution in [1.82, 2.24) is 9.78 Å². The molecule has 0 atom stereocenters. The highest BCUT2D eigenvalue weighted by atomic mass is 32.2. The van der Waals surface area contributed by atoms with Gasteiger partial charge in [0.15, 0.2) is 0 Å². The topological polar surface area (TPSA) is 53.1 Å². The van der Waals surface area contributed by atoms with E-state index in [2.05, 4.69) is 29.7 Å². The molecule has 108 valence electrons. The third kappa shape index (κ3) is 3.28. The highest BCUT2D eigenvalue weighted by Gasteiger charge is 2.09. The zero-order valence-corrected chi connectivity index (χ0v) is 13.0. The molecular formula is C15H21N3OS. The molecule has 0 bridgehead atoms. The molecule has 5 heteroatoms. The van der Waals surface area contributed by atoms with Gasteiger partial charge in [-0.2, -0.15) is 5.10 Å². The van der Waals surface area contributed by atoms with Crippen LogP contribution in [0, 0.1) is 0 Å². The van der Waals surface area contributed by atoms with Crippen molar-refractivity contribution < 1.29 is 4.74 Å². The summed E-state index contributed by atoms with van der Waals surface area (Å²) in [4.78, 5) is 1.10. The second-order valence-corrected chi connectivity index (χ2v) is 5.51. The quantitative estimate of drug-likeness (QED) is 0.655. The highest BCUT2D eigenvalue weighted by molar-refractivity contribution is 7.98. The smallest absolute Gasteiger partial charge is 0.134 e. The van der Waals surface area contributed by atoms with Crippen molar-refractivity contribution in [3.8, 4) is 5.75 Å². The molecule has 2 N–H and O–H groups in total. The van der Waals surface area contributed by atoms with Crippen molar-refractivity contribution in [1.29, 1.82) is 0 Å². The lowest BCUT2D eigenvalue weighted by Crippen LogP contribution is -2.01. The van der Waals surface area contributed by atoms with Gasteiger partial charge in [-0.05, 0) is 31.5 Å². The SMILES string of the molecule is CCc1cc(CSc2ccc(N)cc2OC)n(CC)n1. The number of ether oxygens (including phenoxy) is 1. The van der Waals surface area contributed by atoms with Crippen LogP contribution in [0.3, 0.4) is 0 Å². The van der Waals surface area contributed by atoms with E-state index in [0.29, 0.717) is 0 Å². The number of thioether (sulfide) groups is 1. The van der Waals surface area contributed by atoms with Crippen LogP contribution in [0.25, 0.3) is 0 Å². The van der Waals surface area contributed by atoms with E-state index in [-0.39, 0.29) is 0 Å². The predicted molar refractivity (Wildman–Crippen MR) is 84.2 cm³/mol. The van der Waals surface area contributed by atoms with Crippen LogP contribution >= 0.6 is 11.8 Å². The molecule has 0 unspecified atom stereocenters. The molecule has 0 saturated heterocycles. The Balaban J connectivity index is 2.14. The maximum absolute atomic E-state index is 5.77. The molecule has 20 heavy (non-hydrogen) atoms. The zero-order valence-electron chi connectivity index (χ0n) is 12.2. The van der Waals surface area contributed by atoms with Crippen molar-refractivity contribution in [3.63, 3.8) is 0 Å². The summed E-state index contributed by atoms with van der Waals surface area (Å²) >= 11 is 1.75. The minimum atomic E-state index is 0.720. The third-order valence-electron chi connectivity index (χ3n) is 3.14. The monoisotopic (exact) mass is 291 g/mol. The number of rotatable bonds is 6. The molecule has 2 aromatic rings. The van der Waals surface area contributed by atoms with Crippen LogP contribution in [0.4, 0.5) is 5.69 Å². The molecule has 0 fully saturated rings. The number of aryl methyl sites for hydroxylation is 2. The van der Waals surface area contributed by atoms with E-state index in [0.717, 1.165) is 40.7 Å². The summed E-state index contributed by atoms with van der Waals surface area (Å²) in [5, 5.41) is 4.57. The average molecular weight is 291 g/mol. The minimum Gasteiger partial charge on any atom is -0.496 e. The van der Waals surface area contributed by atoms with Crippen LogP contribution in [0.2, 0.25) is 0 Å². The maximum atomic E-state index is 5.77. The van der Waals surface area contributed by atoms with Gasteiger partial charge in [0.1, 0.15) is 5.75 Å². The van der Waals surface area contributed by atoms with E-state index in [1.807, 2.05) is 18.2 Å². The van der Waals surface area contributed by atoms with Gasteiger partial charge in [-0.3, -0.25) is 4.68 Å². The number of nitrogen functional groups attached to an aromatic ring is 1. The molecular weight excluding hydrogens is 270 g/mol. The minimum absolute atomic E-state index is 0.720. The second kappa shape index (κ2) is 6.70. The number of anilines is 1. The third-order valence-corrected chi connectivity index (χ3v) is 4.23. The number of methoxy groups -OCH3 is 1. The van der Waals surface area contributed by atoms with Gasteiger partial charge < -0.3 is 10.5 Å². The molecule has 4 nitrogen and oxygen atoms in total. The Morgan fingerprint density at radius 2 is 2.10 bits per heavy atom. The lowest BCUT2D eigenvalue weighted by molar-refractivity contribution is 0.405. The second-order valence-electron chi connectivity index (χ2n) is 4.50. The van der Waals surface area contributed by atoms with E-state index in [9.17, 15) is 0 Å². The highest BCUT2D eigenvalue weighted by Crippen LogP contribution is 2.33. The molecule has 1 heterocycles. The van der Waals surface area contributed by atoms with Crippen molar-refractivity contribution in [2.75, 3.05) is 12.8 Å². The Morgan fingerprint density at radius 3 is 2.75 bits per heavy atom. The van der Waals surface area contributed by atoms with Crippen LogP contribution in [0.1, 0.15) is 25.2 Å². The standard InChI is InChI=1S/C15H21N3OS/c1-4-12-9-13(18(5-2)17-12)10-20-15-7-6-11(16)8-14(15)19-3/h6-9H,4-5,10,16H2,1-3H3. The van der Waals surface area contributed by atoms with Crippen LogP contribution in [-0.4, -0.2) is 16.9 Å². The van der Waals surface area contributed by atoms with Gasteiger partial charge in [0.25, 0.3) is 0 Å². The van der Waals surface area contributed by atoms with Gasteiger partial charge >= 0.3 is 0 Å². The summed E-state index contributed by atoms with van der Waals surface area (Å²) in [6.45, 7) is 5.14. The van der Waals surface area contributed by atoms with Crippen molar-refractivity contribution in [3.05, 3.63) is 35.7 Å². The van der Waals surface area contributed by atoms with Gasteiger partial charge in [-0.15, -0.1) is 11.8 Å². The van der Waals surface area contributed by atoms with E-state index >= 15 is 0 Å². The van der Waals surface area contributed by atoms with Crippen molar-refractivity contribution in [2.24, 2.45) is 0 Å². The number of nitrogens with two attached hydrogens (primary N) is 1. The number of aromatic nitrogens is 2. The first-order valence-electron chi connectivity index (χ1n) is 6.79. The Hall–Kier alpha value is -1.62. The van der Waals surface area contributed by atoms with Crippen molar-refractivity contribution in [2.45, 2.75) is 37.5 Å². The molecule has 2 rings (SSSR count). The molecule has 0 radical (unpaired) electrons. The molecule has 0 spiro atoms. The van der Waals surface area contributed by atoms with Gasteiger partial charge in [-0.25, -0.2) is 0 Å². The molecule has 0 aliphatic carbocycles. The van der Waals surface area contributed by atoms with Crippen LogP contribution in [-0.2, 0) is 18.7 Å². The largest absolute Gasteiger partial charge is 0.496 e. The first-order valence-corrected chi connectivity index (χ1v) is 7.78. The summed E-state index contributed by atoms with van der Waals surface area (Å²) in [5.41, 5.74) is 8.88. The van der Waals surface area contributed by atoms with Crippen LogP contribution < -0.4 is 10.5 Å². The molecule has 1 aromatic heterocycles. The first-order chi connectivity index (χ1) is 9.67. The van der Waals surface area contributed by atoms with Gasteiger partial charge in [0, 0.05) is 34.6 Å². The normalized spacial score (nSPS) is 10.8. The van der Waals surface area contributed by atoms with Crippen LogP contribution in [0.15, 0.2) is 29.2 Å². The first kappa shape index (κ1) is 14.8. The molecule has 0 aliphatic rings. The van der Waals surface area contributed by atoms with E-state index < -0.39 is 0 Å². The Labute approximate surface area is 124 Å². The summed E-state index contributed by atoms with van der Waals surface area (Å²) in [7, 11) is 1.67. The summed E-state index contributed by atoms with van der Waals surface area (Å²) in [5.74, 6) is 1.70. The Kier molecular flexibility index (Phi) is 4.95. The summed E-state index contributed by atoms with van der Waals surface area (Å²) < 4.78 is 7.44. The fraction of sp³-hybridized carbons (Fsp3) is 0.400. The van der Waals surface area contributed by atoms with Gasteiger partial charge in [0.2, 0.25) is 0 Å². The molecule has 0 amide bonds. The predicted octanol–water partition coefficient (Wildman–Crippen LogP) is 3.35. The molecule has 0 saturated carbocycles. The lowest BCUT2D eigenvalue weighted by atomic mass is 10.3. The molecule has 1 aromatic carbocycles. The molecule has 0 aliphatic heterocycles. The zero-order chi connectivity index (χ0) is 14.5.